The molecule has 2 amide bonds. The van der Waals surface area contributed by atoms with Crippen LogP contribution in [0.15, 0.2) is 81.5 Å². The van der Waals surface area contributed by atoms with E-state index in [4.69, 9.17) is 14.6 Å². The SMILES string of the molecule is COc1ccc(C(=O)NCc2nnc(SCC(=O)N3N=C(c4ccc(Br)cc4)CC3c3ccc(C)cc3)n2C)cc1OC. The maximum atomic E-state index is 13.5. The fourth-order valence-corrected chi connectivity index (χ4v) is 5.71. The van der Waals surface area contributed by atoms with Gasteiger partial charge in [-0.25, -0.2) is 5.01 Å². The van der Waals surface area contributed by atoms with Crippen LogP contribution in [0.25, 0.3) is 0 Å². The van der Waals surface area contributed by atoms with Crippen molar-refractivity contribution >= 4 is 45.2 Å². The first kappa shape index (κ1) is 30.3. The Morgan fingerprint density at radius 3 is 2.42 bits per heavy atom. The summed E-state index contributed by atoms with van der Waals surface area (Å²) in [5.74, 6) is 1.27. The molecule has 0 spiro atoms. The first-order chi connectivity index (χ1) is 20.8. The monoisotopic (exact) mass is 662 g/mol. The largest absolute Gasteiger partial charge is 0.493 e. The van der Waals surface area contributed by atoms with Crippen molar-refractivity contribution in [2.75, 3.05) is 20.0 Å². The van der Waals surface area contributed by atoms with Crippen molar-refractivity contribution < 1.29 is 19.1 Å². The molecule has 1 aliphatic rings. The molecule has 0 saturated heterocycles. The number of hydrogen-bond acceptors (Lipinski definition) is 8. The fourth-order valence-electron chi connectivity index (χ4n) is 4.66. The van der Waals surface area contributed by atoms with Crippen molar-refractivity contribution in [2.24, 2.45) is 12.1 Å². The van der Waals surface area contributed by atoms with Crippen molar-refractivity contribution in [3.8, 4) is 11.5 Å². The van der Waals surface area contributed by atoms with E-state index in [1.54, 1.807) is 34.8 Å². The number of halogens is 1. The van der Waals surface area contributed by atoms with Gasteiger partial charge in [0.15, 0.2) is 22.5 Å². The smallest absolute Gasteiger partial charge is 0.253 e. The van der Waals surface area contributed by atoms with Crippen LogP contribution in [0.5, 0.6) is 11.5 Å². The summed E-state index contributed by atoms with van der Waals surface area (Å²) < 4.78 is 13.3. The minimum Gasteiger partial charge on any atom is -0.493 e. The van der Waals surface area contributed by atoms with Crippen molar-refractivity contribution in [3.05, 3.63) is 99.3 Å². The summed E-state index contributed by atoms with van der Waals surface area (Å²) in [7, 11) is 4.86. The Morgan fingerprint density at radius 1 is 1.00 bits per heavy atom. The zero-order chi connectivity index (χ0) is 30.5. The molecule has 1 unspecified atom stereocenters. The maximum Gasteiger partial charge on any atom is 0.253 e. The zero-order valence-electron chi connectivity index (χ0n) is 24.2. The highest BCUT2D eigenvalue weighted by Crippen LogP contribution is 2.34. The Kier molecular flexibility index (Phi) is 9.46. The van der Waals surface area contributed by atoms with Gasteiger partial charge < -0.3 is 19.4 Å². The second kappa shape index (κ2) is 13.4. The summed E-state index contributed by atoms with van der Waals surface area (Å²) in [6.45, 7) is 2.20. The van der Waals surface area contributed by atoms with Gasteiger partial charge in [-0.2, -0.15) is 5.10 Å². The third kappa shape index (κ3) is 6.91. The van der Waals surface area contributed by atoms with Gasteiger partial charge in [0.1, 0.15) is 0 Å². The molecule has 0 bridgehead atoms. The summed E-state index contributed by atoms with van der Waals surface area (Å²) in [6.07, 6.45) is 0.620. The Balaban J connectivity index is 1.25. The van der Waals surface area contributed by atoms with Gasteiger partial charge in [-0.05, 0) is 48.4 Å². The number of aromatic nitrogens is 3. The van der Waals surface area contributed by atoms with Crippen LogP contribution in [0.3, 0.4) is 0 Å². The fraction of sp³-hybridized carbons (Fsp3) is 0.258. The van der Waals surface area contributed by atoms with E-state index in [-0.39, 0.29) is 30.2 Å². The van der Waals surface area contributed by atoms with E-state index in [0.717, 1.165) is 26.9 Å². The van der Waals surface area contributed by atoms with Crippen LogP contribution < -0.4 is 14.8 Å². The van der Waals surface area contributed by atoms with Crippen LogP contribution in [0.1, 0.15) is 45.3 Å². The molecule has 0 fully saturated rings. The molecular formula is C31H31BrN6O4S. The van der Waals surface area contributed by atoms with Gasteiger partial charge in [0.25, 0.3) is 11.8 Å². The number of rotatable bonds is 10. The summed E-state index contributed by atoms with van der Waals surface area (Å²) >= 11 is 4.76. The zero-order valence-corrected chi connectivity index (χ0v) is 26.6. The predicted octanol–water partition coefficient (Wildman–Crippen LogP) is 5.30. The number of benzene rings is 3. The first-order valence-corrected chi connectivity index (χ1v) is 15.3. The molecule has 1 atom stereocenters. The van der Waals surface area contributed by atoms with Crippen LogP contribution in [0, 0.1) is 6.92 Å². The normalized spacial score (nSPS) is 14.4. The average Bonchev–Trinajstić information content (AvgIpc) is 3.62. The van der Waals surface area contributed by atoms with Crippen LogP contribution in [-0.4, -0.2) is 57.3 Å². The lowest BCUT2D eigenvalue weighted by atomic mass is 9.98. The number of nitrogens with zero attached hydrogens (tertiary/aromatic N) is 5. The van der Waals surface area contributed by atoms with Crippen LogP contribution in [-0.2, 0) is 18.4 Å². The molecule has 1 aromatic heterocycles. The van der Waals surface area contributed by atoms with Crippen molar-refractivity contribution in [1.29, 1.82) is 0 Å². The number of amides is 2. The van der Waals surface area contributed by atoms with E-state index in [1.165, 1.54) is 26.0 Å². The van der Waals surface area contributed by atoms with Gasteiger partial charge in [-0.15, -0.1) is 10.2 Å². The standard InChI is InChI=1S/C31H31BrN6O4S/c1-19-5-7-21(8-6-19)25-16-24(20-9-12-23(32)13-10-20)36-38(25)29(39)18-43-31-35-34-28(37(31)2)17-33-30(40)22-11-14-26(41-3)27(15-22)42-4/h5-15,25H,16-18H2,1-4H3,(H,33,40). The quantitative estimate of drug-likeness (QED) is 0.229. The van der Waals surface area contributed by atoms with Crippen molar-refractivity contribution in [2.45, 2.75) is 31.1 Å². The minimum atomic E-state index is -0.288. The third-order valence-electron chi connectivity index (χ3n) is 7.11. The van der Waals surface area contributed by atoms with Gasteiger partial charge in [0.05, 0.1) is 38.3 Å². The number of thioether (sulfide) groups is 1. The van der Waals surface area contributed by atoms with E-state index in [1.807, 2.05) is 31.2 Å². The first-order valence-electron chi connectivity index (χ1n) is 13.5. The summed E-state index contributed by atoms with van der Waals surface area (Å²) in [6, 6.07) is 20.9. The van der Waals surface area contributed by atoms with Crippen molar-refractivity contribution in [3.63, 3.8) is 0 Å². The number of aryl methyl sites for hydroxylation is 1. The van der Waals surface area contributed by atoms with E-state index in [0.29, 0.717) is 34.5 Å². The molecule has 4 aromatic rings. The lowest BCUT2D eigenvalue weighted by Gasteiger charge is -2.22. The Hall–Kier alpha value is -4.16. The maximum absolute atomic E-state index is 13.5. The molecule has 12 heteroatoms. The summed E-state index contributed by atoms with van der Waals surface area (Å²) in [4.78, 5) is 26.3. The molecule has 5 rings (SSSR count). The number of hydrogen-bond donors (Lipinski definition) is 1. The number of carbonyl (C=O) groups excluding carboxylic acids is 2. The van der Waals surface area contributed by atoms with Crippen LogP contribution in [0.2, 0.25) is 0 Å². The van der Waals surface area contributed by atoms with E-state index in [2.05, 4.69) is 55.7 Å². The number of nitrogens with one attached hydrogen (secondary N) is 1. The molecular weight excluding hydrogens is 632 g/mol. The Bertz CT molecular complexity index is 1660. The Labute approximate surface area is 262 Å². The van der Waals surface area contributed by atoms with E-state index >= 15 is 0 Å². The van der Waals surface area contributed by atoms with Crippen LogP contribution >= 0.6 is 27.7 Å². The number of methoxy groups -OCH3 is 2. The van der Waals surface area contributed by atoms with Gasteiger partial charge in [-0.1, -0.05) is 69.7 Å². The van der Waals surface area contributed by atoms with E-state index < -0.39 is 0 Å². The van der Waals surface area contributed by atoms with Gasteiger partial charge >= 0.3 is 0 Å². The van der Waals surface area contributed by atoms with Gasteiger partial charge in [-0.3, -0.25) is 9.59 Å². The van der Waals surface area contributed by atoms with Gasteiger partial charge in [0, 0.05) is 23.5 Å². The molecule has 1 N–H and O–H groups in total. The number of ether oxygens (including phenoxy) is 2. The van der Waals surface area contributed by atoms with Crippen molar-refractivity contribution in [1.82, 2.24) is 25.1 Å². The number of carbonyl (C=O) groups is 2. The highest BCUT2D eigenvalue weighted by molar-refractivity contribution is 9.10. The molecule has 3 aromatic carbocycles. The third-order valence-corrected chi connectivity index (χ3v) is 8.64. The predicted molar refractivity (Wildman–Crippen MR) is 169 cm³/mol. The molecule has 222 valence electrons. The lowest BCUT2D eigenvalue weighted by Crippen LogP contribution is -2.28. The van der Waals surface area contributed by atoms with Crippen LogP contribution in [0.4, 0.5) is 0 Å². The molecule has 1 aliphatic heterocycles. The molecule has 10 nitrogen and oxygen atoms in total. The molecule has 0 saturated carbocycles. The second-order valence-corrected chi connectivity index (χ2v) is 11.8. The molecule has 0 radical (unpaired) electrons. The summed E-state index contributed by atoms with van der Waals surface area (Å²) in [5.41, 5.74) is 4.46. The molecule has 43 heavy (non-hydrogen) atoms. The molecule has 0 aliphatic carbocycles. The average molecular weight is 664 g/mol. The highest BCUT2D eigenvalue weighted by Gasteiger charge is 2.33. The number of hydrazone groups is 1. The van der Waals surface area contributed by atoms with E-state index in [9.17, 15) is 9.59 Å². The summed E-state index contributed by atoms with van der Waals surface area (Å²) in [5, 5.41) is 18.3. The second-order valence-electron chi connectivity index (χ2n) is 9.92. The highest BCUT2D eigenvalue weighted by atomic mass is 79.9. The minimum absolute atomic E-state index is 0.128. The Morgan fingerprint density at radius 2 is 1.72 bits per heavy atom. The molecule has 2 heterocycles. The topological polar surface area (TPSA) is 111 Å². The lowest BCUT2D eigenvalue weighted by molar-refractivity contribution is -0.130. The van der Waals surface area contributed by atoms with Gasteiger partial charge in [0.2, 0.25) is 0 Å².